The van der Waals surface area contributed by atoms with Crippen molar-refractivity contribution < 1.29 is 14.0 Å². The predicted octanol–water partition coefficient (Wildman–Crippen LogP) is 6.39. The molecule has 2 amide bonds. The van der Waals surface area contributed by atoms with Gasteiger partial charge in [0, 0.05) is 57.6 Å². The zero-order chi connectivity index (χ0) is 29.9. The second-order valence-electron chi connectivity index (χ2n) is 12.1. The number of amides is 2. The summed E-state index contributed by atoms with van der Waals surface area (Å²) in [4.78, 5) is 35.5. The quantitative estimate of drug-likeness (QED) is 0.280. The number of carbonyl (C=O) groups is 2. The third kappa shape index (κ3) is 6.65. The van der Waals surface area contributed by atoms with Gasteiger partial charge in [0.2, 0.25) is 5.91 Å². The molecule has 2 aromatic carbocycles. The molecule has 7 nitrogen and oxygen atoms in total. The molecule has 2 aliphatic heterocycles. The Morgan fingerprint density at radius 1 is 0.929 bits per heavy atom. The number of hydrogen-bond acceptors (Lipinski definition) is 5. The van der Waals surface area contributed by atoms with E-state index >= 15 is 0 Å². The van der Waals surface area contributed by atoms with E-state index < -0.39 is 5.54 Å². The van der Waals surface area contributed by atoms with Crippen LogP contribution in [0.15, 0.2) is 53.1 Å². The van der Waals surface area contributed by atoms with Crippen LogP contribution < -0.4 is 0 Å². The molecule has 9 heteroatoms. The Bertz CT molecular complexity index is 1390. The smallest absolute Gasteiger partial charge is 0.253 e. The summed E-state index contributed by atoms with van der Waals surface area (Å²) in [6.45, 7) is 5.19. The van der Waals surface area contributed by atoms with Crippen LogP contribution in [-0.2, 0) is 4.79 Å². The van der Waals surface area contributed by atoms with Gasteiger partial charge in [0.25, 0.3) is 5.91 Å². The topological polar surface area (TPSA) is 60.2 Å². The first-order valence-corrected chi connectivity index (χ1v) is 15.8. The molecule has 2 fully saturated rings. The molecule has 2 saturated heterocycles. The van der Waals surface area contributed by atoms with Crippen LogP contribution in [0, 0.1) is 0 Å². The number of carbonyl (C=O) groups excluding carboxylic acids is 2. The highest BCUT2D eigenvalue weighted by atomic mass is 35.5. The van der Waals surface area contributed by atoms with Gasteiger partial charge in [-0.05, 0) is 93.7 Å². The molecular formula is C33H42Cl2N4O3. The van der Waals surface area contributed by atoms with Crippen LogP contribution in [0.5, 0.6) is 0 Å². The minimum atomic E-state index is -0.397. The van der Waals surface area contributed by atoms with Crippen LogP contribution >= 0.6 is 23.2 Å². The Hall–Kier alpha value is -2.58. The van der Waals surface area contributed by atoms with Gasteiger partial charge < -0.3 is 19.1 Å². The molecule has 3 aromatic rings. The van der Waals surface area contributed by atoms with Gasteiger partial charge in [-0.15, -0.1) is 0 Å². The van der Waals surface area contributed by atoms with E-state index in [4.69, 9.17) is 27.6 Å². The summed E-state index contributed by atoms with van der Waals surface area (Å²) in [5.74, 6) is 0.282. The normalized spacial score (nSPS) is 18.6. The Labute approximate surface area is 259 Å². The highest BCUT2D eigenvalue weighted by Crippen LogP contribution is 2.34. The average Bonchev–Trinajstić information content (AvgIpc) is 3.48. The monoisotopic (exact) mass is 612 g/mol. The van der Waals surface area contributed by atoms with Gasteiger partial charge in [0.1, 0.15) is 11.1 Å². The lowest BCUT2D eigenvalue weighted by Crippen LogP contribution is -2.64. The van der Waals surface area contributed by atoms with Crippen molar-refractivity contribution in [3.8, 4) is 0 Å². The summed E-state index contributed by atoms with van der Waals surface area (Å²) in [5, 5.41) is 1.95. The summed E-state index contributed by atoms with van der Waals surface area (Å²) < 4.78 is 5.44. The highest BCUT2D eigenvalue weighted by Gasteiger charge is 2.47. The maximum Gasteiger partial charge on any atom is 0.253 e. The van der Waals surface area contributed by atoms with Crippen molar-refractivity contribution in [2.45, 2.75) is 50.0 Å². The van der Waals surface area contributed by atoms with E-state index in [1.54, 1.807) is 16.1 Å². The van der Waals surface area contributed by atoms with Crippen LogP contribution in [0.3, 0.4) is 0 Å². The SMILES string of the molecule is CN(C)C(=O)C1(N2CCCCC2)CCN(CCC(CN(C)C(=O)c2ccc3occc3c2)c2ccc(Cl)c(Cl)c2)CC1. The van der Waals surface area contributed by atoms with Crippen LogP contribution in [0.2, 0.25) is 10.0 Å². The number of likely N-dealkylation sites (N-methyl/N-ethyl adjacent to an activating group) is 2. The summed E-state index contributed by atoms with van der Waals surface area (Å²) >= 11 is 12.7. The number of hydrogen-bond donors (Lipinski definition) is 0. The van der Waals surface area contributed by atoms with Crippen molar-refractivity contribution in [1.29, 1.82) is 0 Å². The molecule has 0 aliphatic carbocycles. The zero-order valence-corrected chi connectivity index (χ0v) is 26.5. The molecule has 0 N–H and O–H groups in total. The van der Waals surface area contributed by atoms with E-state index in [0.717, 1.165) is 68.5 Å². The van der Waals surface area contributed by atoms with Crippen molar-refractivity contribution in [2.24, 2.45) is 0 Å². The molecule has 1 aromatic heterocycles. The molecule has 226 valence electrons. The molecule has 1 atom stereocenters. The van der Waals surface area contributed by atoms with E-state index in [-0.39, 0.29) is 17.7 Å². The predicted molar refractivity (Wildman–Crippen MR) is 170 cm³/mol. The lowest BCUT2D eigenvalue weighted by molar-refractivity contribution is -0.147. The van der Waals surface area contributed by atoms with Crippen LogP contribution in [-0.4, -0.2) is 97.4 Å². The van der Waals surface area contributed by atoms with E-state index in [2.05, 4.69) is 9.80 Å². The lowest BCUT2D eigenvalue weighted by Gasteiger charge is -2.50. The summed E-state index contributed by atoms with van der Waals surface area (Å²) in [6, 6.07) is 13.2. The molecule has 3 heterocycles. The van der Waals surface area contributed by atoms with Gasteiger partial charge in [-0.25, -0.2) is 0 Å². The van der Waals surface area contributed by atoms with E-state index in [0.29, 0.717) is 22.2 Å². The van der Waals surface area contributed by atoms with E-state index in [1.165, 1.54) is 19.3 Å². The first kappa shape index (κ1) is 30.9. The summed E-state index contributed by atoms with van der Waals surface area (Å²) in [5.41, 5.74) is 2.07. The number of nitrogens with zero attached hydrogens (tertiary/aromatic N) is 4. The number of likely N-dealkylation sites (tertiary alicyclic amines) is 2. The fraction of sp³-hybridized carbons (Fsp3) is 0.515. The largest absolute Gasteiger partial charge is 0.464 e. The molecule has 42 heavy (non-hydrogen) atoms. The minimum Gasteiger partial charge on any atom is -0.464 e. The highest BCUT2D eigenvalue weighted by molar-refractivity contribution is 6.42. The molecular weight excluding hydrogens is 571 g/mol. The molecule has 5 rings (SSSR count). The van der Waals surface area contributed by atoms with Gasteiger partial charge >= 0.3 is 0 Å². The first-order valence-electron chi connectivity index (χ1n) is 15.0. The standard InChI is InChI=1S/C33H42Cl2N4O3/c1-36(2)32(41)33(39-15-5-4-6-16-39)13-18-38(19-14-33)17-11-27(24-7-9-28(34)29(35)22-24)23-37(3)31(40)26-8-10-30-25(21-26)12-20-42-30/h7-10,12,20-22,27H,4-6,11,13-19,23H2,1-3H3. The fourth-order valence-corrected chi connectivity index (χ4v) is 7.06. The van der Waals surface area contributed by atoms with Gasteiger partial charge in [-0.3, -0.25) is 14.5 Å². The van der Waals surface area contributed by atoms with Gasteiger partial charge in [0.15, 0.2) is 0 Å². The average molecular weight is 614 g/mol. The number of furan rings is 1. The number of piperidine rings is 2. The summed E-state index contributed by atoms with van der Waals surface area (Å²) in [6.07, 6.45) is 7.76. The van der Waals surface area contributed by atoms with Crippen LogP contribution in [0.25, 0.3) is 11.0 Å². The third-order valence-electron chi connectivity index (χ3n) is 9.20. The van der Waals surface area contributed by atoms with E-state index in [1.807, 2.05) is 63.6 Å². The van der Waals surface area contributed by atoms with Crippen molar-refractivity contribution in [2.75, 3.05) is 60.4 Å². The third-order valence-corrected chi connectivity index (χ3v) is 9.94. The lowest BCUT2D eigenvalue weighted by atomic mass is 9.82. The van der Waals surface area contributed by atoms with Crippen molar-refractivity contribution in [3.05, 3.63) is 69.9 Å². The zero-order valence-electron chi connectivity index (χ0n) is 25.0. The van der Waals surface area contributed by atoms with E-state index in [9.17, 15) is 9.59 Å². The molecule has 0 saturated carbocycles. The Morgan fingerprint density at radius 2 is 1.67 bits per heavy atom. The Morgan fingerprint density at radius 3 is 2.36 bits per heavy atom. The number of fused-ring (bicyclic) bond motifs is 1. The second kappa shape index (κ2) is 13.4. The van der Waals surface area contributed by atoms with Gasteiger partial charge in [-0.2, -0.15) is 0 Å². The minimum absolute atomic E-state index is 0.0327. The maximum atomic E-state index is 13.5. The van der Waals surface area contributed by atoms with Crippen molar-refractivity contribution >= 4 is 46.0 Å². The Balaban J connectivity index is 1.28. The molecule has 0 bridgehead atoms. The Kier molecular flexibility index (Phi) is 9.83. The van der Waals surface area contributed by atoms with Crippen LogP contribution in [0.1, 0.15) is 60.4 Å². The van der Waals surface area contributed by atoms with Gasteiger partial charge in [0.05, 0.1) is 16.3 Å². The number of benzene rings is 2. The van der Waals surface area contributed by atoms with Crippen molar-refractivity contribution in [3.63, 3.8) is 0 Å². The van der Waals surface area contributed by atoms with Crippen molar-refractivity contribution in [1.82, 2.24) is 19.6 Å². The maximum absolute atomic E-state index is 13.5. The second-order valence-corrected chi connectivity index (χ2v) is 13.0. The van der Waals surface area contributed by atoms with Gasteiger partial charge in [-0.1, -0.05) is 35.7 Å². The molecule has 0 radical (unpaired) electrons. The molecule has 0 spiro atoms. The first-order chi connectivity index (χ1) is 20.2. The van der Waals surface area contributed by atoms with Crippen LogP contribution in [0.4, 0.5) is 0 Å². The summed E-state index contributed by atoms with van der Waals surface area (Å²) in [7, 11) is 5.62. The fourth-order valence-electron chi connectivity index (χ4n) is 6.75. The number of halogens is 2. The molecule has 1 unspecified atom stereocenters. The number of rotatable bonds is 9. The molecule has 2 aliphatic rings.